The van der Waals surface area contributed by atoms with Crippen LogP contribution in [0.25, 0.3) is 33.0 Å². The molecule has 0 aliphatic heterocycles. The number of rotatable bonds is 4. The standard InChI is InChI=1S/C25H22N2S/c1-2-6-18(7-3-1)19-10-12-21(13-11-19)24-17-28-25(27-24)23-16-26-15-14-22(23)20-8-4-5-9-20/h1-3,6-7,10-17,20H,4-5,8-9H2. The molecular weight excluding hydrogens is 360 g/mol. The van der Waals surface area contributed by atoms with Crippen LogP contribution in [0.1, 0.15) is 37.2 Å². The Morgan fingerprint density at radius 3 is 2.29 bits per heavy atom. The number of hydrogen-bond acceptors (Lipinski definition) is 3. The largest absolute Gasteiger partial charge is 0.264 e. The first kappa shape index (κ1) is 17.3. The molecule has 0 N–H and O–H groups in total. The second-order valence-electron chi connectivity index (χ2n) is 7.43. The van der Waals surface area contributed by atoms with Crippen molar-refractivity contribution in [3.63, 3.8) is 0 Å². The van der Waals surface area contributed by atoms with E-state index in [9.17, 15) is 0 Å². The van der Waals surface area contributed by atoms with Crippen LogP contribution in [0.2, 0.25) is 0 Å². The van der Waals surface area contributed by atoms with Gasteiger partial charge in [-0.25, -0.2) is 4.98 Å². The van der Waals surface area contributed by atoms with Crippen molar-refractivity contribution in [1.82, 2.24) is 9.97 Å². The van der Waals surface area contributed by atoms with Gasteiger partial charge in [-0.2, -0.15) is 0 Å². The second-order valence-corrected chi connectivity index (χ2v) is 8.28. The summed E-state index contributed by atoms with van der Waals surface area (Å²) in [5.74, 6) is 0.663. The van der Waals surface area contributed by atoms with Gasteiger partial charge in [-0.1, -0.05) is 67.4 Å². The Hall–Kier alpha value is -2.78. The lowest BCUT2D eigenvalue weighted by molar-refractivity contribution is 0.723. The van der Waals surface area contributed by atoms with Gasteiger partial charge in [-0.15, -0.1) is 11.3 Å². The minimum atomic E-state index is 0.663. The van der Waals surface area contributed by atoms with E-state index in [1.165, 1.54) is 47.9 Å². The zero-order chi connectivity index (χ0) is 18.8. The third-order valence-corrected chi connectivity index (χ3v) is 6.55. The Labute approximate surface area is 170 Å². The quantitative estimate of drug-likeness (QED) is 0.373. The summed E-state index contributed by atoms with van der Waals surface area (Å²) >= 11 is 1.72. The van der Waals surface area contributed by atoms with E-state index in [2.05, 4.69) is 65.0 Å². The third-order valence-electron chi connectivity index (χ3n) is 5.67. The molecule has 1 saturated carbocycles. The van der Waals surface area contributed by atoms with Crippen molar-refractivity contribution in [3.05, 3.63) is 84.0 Å². The van der Waals surface area contributed by atoms with Crippen molar-refractivity contribution in [2.45, 2.75) is 31.6 Å². The topological polar surface area (TPSA) is 25.8 Å². The zero-order valence-electron chi connectivity index (χ0n) is 15.7. The van der Waals surface area contributed by atoms with Crippen LogP contribution < -0.4 is 0 Å². The summed E-state index contributed by atoms with van der Waals surface area (Å²) in [5.41, 5.74) is 7.31. The maximum atomic E-state index is 4.96. The smallest absolute Gasteiger partial charge is 0.125 e. The minimum Gasteiger partial charge on any atom is -0.264 e. The summed E-state index contributed by atoms with van der Waals surface area (Å²) in [7, 11) is 0. The van der Waals surface area contributed by atoms with E-state index in [1.807, 2.05) is 18.5 Å². The van der Waals surface area contributed by atoms with Crippen LogP contribution in [0.15, 0.2) is 78.4 Å². The Morgan fingerprint density at radius 2 is 1.50 bits per heavy atom. The van der Waals surface area contributed by atoms with E-state index in [4.69, 9.17) is 4.98 Å². The molecule has 3 heteroatoms. The van der Waals surface area contributed by atoms with E-state index in [1.54, 1.807) is 11.3 Å². The van der Waals surface area contributed by atoms with Gasteiger partial charge < -0.3 is 0 Å². The highest BCUT2D eigenvalue weighted by Crippen LogP contribution is 2.40. The molecule has 5 rings (SSSR count). The zero-order valence-corrected chi connectivity index (χ0v) is 16.5. The third kappa shape index (κ3) is 3.38. The summed E-state index contributed by atoms with van der Waals surface area (Å²) in [4.78, 5) is 9.35. The van der Waals surface area contributed by atoms with Crippen LogP contribution in [0.4, 0.5) is 0 Å². The van der Waals surface area contributed by atoms with Gasteiger partial charge in [0.2, 0.25) is 0 Å². The highest BCUT2D eigenvalue weighted by atomic mass is 32.1. The van der Waals surface area contributed by atoms with Crippen LogP contribution in [0, 0.1) is 0 Å². The van der Waals surface area contributed by atoms with Crippen molar-refractivity contribution in [3.8, 4) is 33.0 Å². The van der Waals surface area contributed by atoms with Crippen molar-refractivity contribution < 1.29 is 0 Å². The lowest BCUT2D eigenvalue weighted by Crippen LogP contribution is -1.96. The number of aromatic nitrogens is 2. The normalized spacial score (nSPS) is 14.4. The van der Waals surface area contributed by atoms with Crippen LogP contribution in [-0.4, -0.2) is 9.97 Å². The SMILES string of the molecule is c1ccc(-c2ccc(-c3csc(-c4cnccc4C4CCCC4)n3)cc2)cc1. The molecule has 1 fully saturated rings. The second kappa shape index (κ2) is 7.69. The summed E-state index contributed by atoms with van der Waals surface area (Å²) < 4.78 is 0. The molecule has 2 heterocycles. The average Bonchev–Trinajstić information content (AvgIpc) is 3.47. The maximum absolute atomic E-state index is 4.96. The highest BCUT2D eigenvalue weighted by Gasteiger charge is 2.21. The molecule has 4 aromatic rings. The van der Waals surface area contributed by atoms with Crippen LogP contribution in [-0.2, 0) is 0 Å². The fourth-order valence-corrected chi connectivity index (χ4v) is 5.03. The number of hydrogen-bond donors (Lipinski definition) is 0. The van der Waals surface area contributed by atoms with Gasteiger partial charge in [-0.3, -0.25) is 4.98 Å². The van der Waals surface area contributed by atoms with Crippen molar-refractivity contribution in [2.24, 2.45) is 0 Å². The van der Waals surface area contributed by atoms with E-state index in [0.717, 1.165) is 16.3 Å². The number of pyridine rings is 1. The van der Waals surface area contributed by atoms with Gasteiger partial charge in [-0.05, 0) is 41.5 Å². The Morgan fingerprint density at radius 1 is 0.786 bits per heavy atom. The molecule has 2 aromatic heterocycles. The molecule has 1 aliphatic rings. The summed E-state index contributed by atoms with van der Waals surface area (Å²) in [6.45, 7) is 0. The summed E-state index contributed by atoms with van der Waals surface area (Å²) in [6, 6.07) is 21.4. The van der Waals surface area contributed by atoms with Gasteiger partial charge in [0.25, 0.3) is 0 Å². The van der Waals surface area contributed by atoms with Gasteiger partial charge in [0.1, 0.15) is 5.01 Å². The van der Waals surface area contributed by atoms with Crippen molar-refractivity contribution >= 4 is 11.3 Å². The van der Waals surface area contributed by atoms with Crippen LogP contribution >= 0.6 is 11.3 Å². The first-order chi connectivity index (χ1) is 13.9. The predicted molar refractivity (Wildman–Crippen MR) is 117 cm³/mol. The van der Waals surface area contributed by atoms with Gasteiger partial charge in [0, 0.05) is 28.9 Å². The molecule has 2 aromatic carbocycles. The molecule has 0 atom stereocenters. The summed E-state index contributed by atoms with van der Waals surface area (Å²) in [5, 5.41) is 3.25. The molecule has 0 radical (unpaired) electrons. The van der Waals surface area contributed by atoms with E-state index in [-0.39, 0.29) is 0 Å². The molecule has 28 heavy (non-hydrogen) atoms. The molecular formula is C25H22N2S. The predicted octanol–water partition coefficient (Wildman–Crippen LogP) is 7.20. The fraction of sp³-hybridized carbons (Fsp3) is 0.200. The first-order valence-corrected chi connectivity index (χ1v) is 10.8. The van der Waals surface area contributed by atoms with Crippen LogP contribution in [0.5, 0.6) is 0 Å². The van der Waals surface area contributed by atoms with E-state index in [0.29, 0.717) is 5.92 Å². The number of nitrogens with zero attached hydrogens (tertiary/aromatic N) is 2. The molecule has 2 nitrogen and oxygen atoms in total. The first-order valence-electron chi connectivity index (χ1n) is 9.94. The Bertz CT molecular complexity index is 1060. The molecule has 0 spiro atoms. The molecule has 138 valence electrons. The lowest BCUT2D eigenvalue weighted by Gasteiger charge is -2.13. The van der Waals surface area contributed by atoms with E-state index >= 15 is 0 Å². The highest BCUT2D eigenvalue weighted by molar-refractivity contribution is 7.13. The molecule has 0 bridgehead atoms. The Kier molecular flexibility index (Phi) is 4.76. The number of benzene rings is 2. The molecule has 0 unspecified atom stereocenters. The molecule has 0 amide bonds. The van der Waals surface area contributed by atoms with Crippen molar-refractivity contribution in [1.29, 1.82) is 0 Å². The summed E-state index contributed by atoms with van der Waals surface area (Å²) in [6.07, 6.45) is 9.17. The maximum Gasteiger partial charge on any atom is 0.125 e. The van der Waals surface area contributed by atoms with Crippen molar-refractivity contribution in [2.75, 3.05) is 0 Å². The van der Waals surface area contributed by atoms with Gasteiger partial charge in [0.05, 0.1) is 5.69 Å². The Balaban J connectivity index is 1.44. The fourth-order valence-electron chi connectivity index (χ4n) is 4.17. The van der Waals surface area contributed by atoms with Crippen LogP contribution in [0.3, 0.4) is 0 Å². The lowest BCUT2D eigenvalue weighted by atomic mass is 9.94. The average molecular weight is 383 g/mol. The van der Waals surface area contributed by atoms with Gasteiger partial charge >= 0.3 is 0 Å². The molecule has 1 aliphatic carbocycles. The molecule has 0 saturated heterocycles. The number of thiazole rings is 1. The van der Waals surface area contributed by atoms with E-state index < -0.39 is 0 Å². The minimum absolute atomic E-state index is 0.663. The van der Waals surface area contributed by atoms with Gasteiger partial charge in [0.15, 0.2) is 0 Å². The monoisotopic (exact) mass is 382 g/mol.